The molecule has 88 heavy (non-hydrogen) atoms. The molecule has 10 bridgehead atoms. The predicted octanol–water partition coefficient (Wildman–Crippen LogP) is 9.97. The van der Waals surface area contributed by atoms with E-state index in [1.54, 1.807) is 0 Å². The van der Waals surface area contributed by atoms with E-state index in [0.717, 1.165) is 0 Å². The topological polar surface area (TPSA) is 185 Å². The second-order valence-electron chi connectivity index (χ2n) is 29.4. The van der Waals surface area contributed by atoms with Crippen LogP contribution < -0.4 is 0 Å². The second-order valence-corrected chi connectivity index (χ2v) is 29.4. The molecular weight excluding hydrogens is 1140 g/mol. The fourth-order valence-corrected chi connectivity index (χ4v) is 14.2. The molecule has 0 aliphatic carbocycles. The standard InChI is InChI=1S/3C14H26O4.2C13H24O4/c1-9(2)15-7-14-8-16-12(11(5)18-14)13(14,6)17-10(3)4;1-8(2)16-11(6)14-7-15-12(10(5)18-14)13(14)17-9(3)4;1-8(2)15-7-14-11(6)17-12(10(5)18-14)13(14)16-9(3)4;2*1-8(2)14-6-13-7-15-11(10(5)17-13)12(13)16-9(3)4/h9-12H,7-8H2,1-6H3;2*8-13H,7H2,1-6H3;2*8-12H,6-7H2,1-5H3/t11-,12+,13+,14+;10-,11+,12+,13+,14-;10-,11?,12+,13+,14+;10-,11+,12+,13+;10-,11-,12-,13-/m00000/s1. The van der Waals surface area contributed by atoms with Gasteiger partial charge in [0.1, 0.15) is 88.5 Å². The highest BCUT2D eigenvalue weighted by Gasteiger charge is 2.70. The molecule has 20 nitrogen and oxygen atoms in total. The van der Waals surface area contributed by atoms with Crippen LogP contribution in [0, 0.1) is 0 Å². The Kier molecular flexibility index (Phi) is 27.2. The zero-order chi connectivity index (χ0) is 65.8. The molecule has 0 spiro atoms. The summed E-state index contributed by atoms with van der Waals surface area (Å²) < 4.78 is 119. The minimum Gasteiger partial charge on any atom is -0.376 e. The lowest BCUT2D eigenvalue weighted by atomic mass is 9.85. The summed E-state index contributed by atoms with van der Waals surface area (Å²) in [5.41, 5.74) is -2.59. The van der Waals surface area contributed by atoms with Crippen LogP contribution in [0.25, 0.3) is 0 Å². The van der Waals surface area contributed by atoms with Gasteiger partial charge in [0.15, 0.2) is 0 Å². The Bertz CT molecular complexity index is 1990. The Morgan fingerprint density at radius 3 is 1.19 bits per heavy atom. The van der Waals surface area contributed by atoms with Crippen LogP contribution in [0.2, 0.25) is 0 Å². The van der Waals surface area contributed by atoms with E-state index in [2.05, 4.69) is 13.8 Å². The van der Waals surface area contributed by atoms with Crippen LogP contribution in [-0.2, 0) is 94.7 Å². The van der Waals surface area contributed by atoms with Gasteiger partial charge in [0.25, 0.3) is 0 Å². The van der Waals surface area contributed by atoms with E-state index in [1.807, 2.05) is 180 Å². The largest absolute Gasteiger partial charge is 0.376 e. The summed E-state index contributed by atoms with van der Waals surface area (Å²) in [6.45, 7) is 61.6. The number of rotatable bonds is 25. The Labute approximate surface area is 531 Å². The Hall–Kier alpha value is -0.800. The summed E-state index contributed by atoms with van der Waals surface area (Å²) in [6, 6.07) is 0. The fraction of sp³-hybridized carbons (Fsp3) is 1.00. The molecule has 518 valence electrons. The molecule has 0 saturated carbocycles. The van der Waals surface area contributed by atoms with Crippen molar-refractivity contribution in [2.75, 3.05) is 52.9 Å². The molecule has 0 radical (unpaired) electrons. The van der Waals surface area contributed by atoms with Crippen LogP contribution in [0.4, 0.5) is 0 Å². The van der Waals surface area contributed by atoms with Crippen LogP contribution in [0.5, 0.6) is 0 Å². The van der Waals surface area contributed by atoms with Gasteiger partial charge in [-0.25, -0.2) is 0 Å². The first-order valence-electron chi connectivity index (χ1n) is 33.9. The van der Waals surface area contributed by atoms with Crippen molar-refractivity contribution in [3.05, 3.63) is 0 Å². The normalized spacial score (nSPS) is 41.9. The highest BCUT2D eigenvalue weighted by atomic mass is 16.7. The Balaban J connectivity index is 0.000000176. The molecule has 22 atom stereocenters. The van der Waals surface area contributed by atoms with Crippen LogP contribution in [0.3, 0.4) is 0 Å². The maximum atomic E-state index is 6.16. The molecule has 1 unspecified atom stereocenters. The number of ether oxygens (including phenoxy) is 20. The van der Waals surface area contributed by atoms with Gasteiger partial charge in [-0.3, -0.25) is 0 Å². The number of hydrogen-bond acceptors (Lipinski definition) is 20. The van der Waals surface area contributed by atoms with Crippen LogP contribution in [0.15, 0.2) is 0 Å². The SMILES string of the molecule is CC(C)OC[C@@]12CO[C@@H]([C@H](C)O1)[C@@H]2OC(C)C.CC(C)OC[C@@]12O[C@@H](C)[C@@H](OC1C)[C@H]2OC(C)C.CC(C)OC[C@]12CO[C@H]([C@H](C)O1)[C@@]2(C)OC(C)C.CC(C)OC[C@]12CO[C@H]([C@H](C)O1)[C@H]2OC(C)C.CC(C)O[C@@H]1[C@@H]2OC[C@@]1([C@@H](C)OC(C)C)O[C@H]2C. The van der Waals surface area contributed by atoms with Gasteiger partial charge in [-0.15, -0.1) is 0 Å². The molecule has 0 amide bonds. The van der Waals surface area contributed by atoms with Gasteiger partial charge in [-0.05, 0) is 194 Å². The van der Waals surface area contributed by atoms with E-state index in [-0.39, 0.29) is 159 Å². The number of hydrogen-bond donors (Lipinski definition) is 0. The summed E-state index contributed by atoms with van der Waals surface area (Å²) >= 11 is 0. The van der Waals surface area contributed by atoms with Crippen molar-refractivity contribution >= 4 is 0 Å². The van der Waals surface area contributed by atoms with Crippen molar-refractivity contribution in [3.63, 3.8) is 0 Å². The summed E-state index contributed by atoms with van der Waals surface area (Å²) in [7, 11) is 0. The van der Waals surface area contributed by atoms with E-state index in [0.29, 0.717) is 52.9 Å². The summed E-state index contributed by atoms with van der Waals surface area (Å²) in [6.07, 6.45) is 2.21. The van der Waals surface area contributed by atoms with Crippen LogP contribution >= 0.6 is 0 Å². The quantitative estimate of drug-likeness (QED) is 0.0840. The molecule has 0 N–H and O–H groups in total. The van der Waals surface area contributed by atoms with Gasteiger partial charge in [-0.1, -0.05) is 0 Å². The molecular formula is C68H126O20. The van der Waals surface area contributed by atoms with E-state index >= 15 is 0 Å². The highest BCUT2D eigenvalue weighted by Crippen LogP contribution is 2.52. The van der Waals surface area contributed by atoms with Gasteiger partial charge in [0.2, 0.25) is 0 Å². The third-order valence-electron chi connectivity index (χ3n) is 18.0. The van der Waals surface area contributed by atoms with Crippen LogP contribution in [0.1, 0.15) is 194 Å². The van der Waals surface area contributed by atoms with Gasteiger partial charge in [0, 0.05) is 0 Å². The number of fused-ring (bicyclic) bond motifs is 10. The molecule has 10 aliphatic heterocycles. The minimum absolute atomic E-state index is 0.00347. The van der Waals surface area contributed by atoms with Crippen molar-refractivity contribution in [3.8, 4) is 0 Å². The lowest BCUT2D eigenvalue weighted by Gasteiger charge is -2.38. The van der Waals surface area contributed by atoms with Crippen molar-refractivity contribution in [2.45, 2.75) is 386 Å². The van der Waals surface area contributed by atoms with Gasteiger partial charge < -0.3 is 94.7 Å². The molecule has 0 aromatic carbocycles. The summed E-state index contributed by atoms with van der Waals surface area (Å²) in [4.78, 5) is 0. The van der Waals surface area contributed by atoms with Gasteiger partial charge >= 0.3 is 0 Å². The lowest BCUT2D eigenvalue weighted by Crippen LogP contribution is -2.56. The van der Waals surface area contributed by atoms with E-state index in [9.17, 15) is 0 Å². The predicted molar refractivity (Wildman–Crippen MR) is 334 cm³/mol. The Morgan fingerprint density at radius 2 is 0.773 bits per heavy atom. The molecule has 0 aromatic rings. The first-order chi connectivity index (χ1) is 40.9. The minimum atomic E-state index is -0.467. The first-order valence-corrected chi connectivity index (χ1v) is 33.9. The van der Waals surface area contributed by atoms with Crippen LogP contribution in [-0.4, -0.2) is 245 Å². The highest BCUT2D eigenvalue weighted by molar-refractivity contribution is 5.18. The zero-order valence-electron chi connectivity index (χ0n) is 59.8. The molecule has 20 heteroatoms. The average molecular weight is 1260 g/mol. The van der Waals surface area contributed by atoms with Gasteiger partial charge in [-0.2, -0.15) is 0 Å². The lowest BCUT2D eigenvalue weighted by molar-refractivity contribution is -0.204. The third kappa shape index (κ3) is 17.1. The van der Waals surface area contributed by atoms with E-state index in [1.165, 1.54) is 0 Å². The summed E-state index contributed by atoms with van der Waals surface area (Å²) in [5.74, 6) is 0. The fourth-order valence-electron chi connectivity index (χ4n) is 14.2. The van der Waals surface area contributed by atoms with Crippen molar-refractivity contribution in [1.29, 1.82) is 0 Å². The maximum Gasteiger partial charge on any atom is 0.146 e. The monoisotopic (exact) mass is 1260 g/mol. The van der Waals surface area contributed by atoms with E-state index < -0.39 is 33.6 Å². The molecule has 10 saturated heterocycles. The first kappa shape index (κ1) is 76.2. The van der Waals surface area contributed by atoms with Gasteiger partial charge in [0.05, 0.1) is 157 Å². The maximum absolute atomic E-state index is 6.16. The zero-order valence-corrected chi connectivity index (χ0v) is 59.8. The second kappa shape index (κ2) is 31.4. The molecule has 10 rings (SSSR count). The van der Waals surface area contributed by atoms with Crippen molar-refractivity contribution < 1.29 is 94.7 Å². The summed E-state index contributed by atoms with van der Waals surface area (Å²) in [5, 5.41) is 0. The molecule has 10 fully saturated rings. The average Bonchev–Trinajstić information content (AvgIpc) is 1.63. The molecule has 10 heterocycles. The smallest absolute Gasteiger partial charge is 0.146 e. The Morgan fingerprint density at radius 1 is 0.364 bits per heavy atom. The van der Waals surface area contributed by atoms with E-state index in [4.69, 9.17) is 94.7 Å². The third-order valence-corrected chi connectivity index (χ3v) is 18.0. The van der Waals surface area contributed by atoms with Crippen molar-refractivity contribution in [2.24, 2.45) is 0 Å². The van der Waals surface area contributed by atoms with Crippen molar-refractivity contribution in [1.82, 2.24) is 0 Å². The molecule has 0 aromatic heterocycles. The molecule has 10 aliphatic rings.